The Morgan fingerprint density at radius 1 is 0.667 bits per heavy atom. The Bertz CT molecular complexity index is 1670. The molecule has 0 saturated heterocycles. The minimum absolute atomic E-state index is 1.07. The quantitative estimate of drug-likeness (QED) is 0.252. The van der Waals surface area contributed by atoms with Gasteiger partial charge in [-0.1, -0.05) is 36.4 Å². The van der Waals surface area contributed by atoms with Crippen molar-refractivity contribution in [2.45, 2.75) is 0 Å². The molecule has 0 amide bonds. The fraction of sp³-hybridized carbons (Fsp3) is 0. The Hall–Kier alpha value is -3.72. The number of hydrogen-bond donors (Lipinski definition) is 0. The lowest BCUT2D eigenvalue weighted by molar-refractivity contribution is 1.31. The predicted octanol–water partition coefficient (Wildman–Crippen LogP) is 5.93. The van der Waals surface area contributed by atoms with Crippen LogP contribution in [-0.4, -0.2) is 14.4 Å². The molecule has 0 N–H and O–H groups in total. The topological polar surface area (TPSA) is 30.2 Å². The smallest absolute Gasteiger partial charge is 0.0822 e. The summed E-state index contributed by atoms with van der Waals surface area (Å²) in [5, 5.41) is 8.55. The average molecular weight is 343 g/mol. The fourth-order valence-electron chi connectivity index (χ4n) is 4.67. The van der Waals surface area contributed by atoms with Gasteiger partial charge in [0.15, 0.2) is 0 Å². The third-order valence-corrected chi connectivity index (χ3v) is 5.82. The maximum atomic E-state index is 4.81. The van der Waals surface area contributed by atoms with Crippen LogP contribution in [0.4, 0.5) is 0 Å². The minimum Gasteiger partial charge on any atom is -0.308 e. The molecule has 0 atom stereocenters. The molecular weight excluding hydrogens is 330 g/mol. The second kappa shape index (κ2) is 4.51. The molecule has 7 rings (SSSR count). The Balaban J connectivity index is 1.96. The van der Waals surface area contributed by atoms with Gasteiger partial charge < -0.3 is 4.40 Å². The van der Waals surface area contributed by atoms with Crippen molar-refractivity contribution in [3.63, 3.8) is 0 Å². The van der Waals surface area contributed by atoms with Crippen LogP contribution in [0.5, 0.6) is 0 Å². The van der Waals surface area contributed by atoms with Crippen LogP contribution in [0.15, 0.2) is 79.3 Å². The fourth-order valence-corrected chi connectivity index (χ4v) is 4.67. The van der Waals surface area contributed by atoms with Gasteiger partial charge in [0.25, 0.3) is 0 Å². The largest absolute Gasteiger partial charge is 0.308 e. The molecule has 27 heavy (non-hydrogen) atoms. The number of fused-ring (bicyclic) bond motifs is 7. The van der Waals surface area contributed by atoms with E-state index in [2.05, 4.69) is 70.0 Å². The first-order valence-electron chi connectivity index (χ1n) is 9.09. The molecular formula is C24H13N3. The van der Waals surface area contributed by atoms with Crippen molar-refractivity contribution < 1.29 is 0 Å². The third kappa shape index (κ3) is 1.53. The summed E-state index contributed by atoms with van der Waals surface area (Å²) in [5.74, 6) is 0. The maximum absolute atomic E-state index is 4.81. The van der Waals surface area contributed by atoms with E-state index in [0.29, 0.717) is 0 Å². The van der Waals surface area contributed by atoms with E-state index < -0.39 is 0 Å². The average Bonchev–Trinajstić information content (AvgIpc) is 3.07. The van der Waals surface area contributed by atoms with Gasteiger partial charge in [-0.25, -0.2) is 0 Å². The summed E-state index contributed by atoms with van der Waals surface area (Å²) >= 11 is 0. The first-order chi connectivity index (χ1) is 13.4. The summed E-state index contributed by atoms with van der Waals surface area (Å²) in [7, 11) is 0. The number of nitrogens with zero attached hydrogens (tertiary/aromatic N) is 3. The van der Waals surface area contributed by atoms with Crippen LogP contribution >= 0.6 is 0 Å². The molecule has 4 heterocycles. The van der Waals surface area contributed by atoms with Crippen LogP contribution in [0.1, 0.15) is 0 Å². The monoisotopic (exact) mass is 343 g/mol. The minimum atomic E-state index is 1.07. The molecule has 0 aliphatic heterocycles. The molecule has 3 heteroatoms. The molecule has 0 radical (unpaired) electrons. The van der Waals surface area contributed by atoms with Gasteiger partial charge in [-0.2, -0.15) is 0 Å². The normalized spacial score (nSPS) is 12.4. The standard InChI is InChI=1S/C24H13N3/c1-2-4-16-12-21-18(11-15(16)3-1)23-22-14(7-10-26-23)5-6-17-19-13-25-9-8-20(19)27(21)24(17)22/h1-13H. The summed E-state index contributed by atoms with van der Waals surface area (Å²) in [5.41, 5.74) is 4.70. The van der Waals surface area contributed by atoms with Crippen molar-refractivity contribution >= 4 is 59.8 Å². The number of benzene rings is 3. The molecule has 0 spiro atoms. The third-order valence-electron chi connectivity index (χ3n) is 5.82. The molecule has 7 aromatic rings. The number of rotatable bonds is 0. The van der Waals surface area contributed by atoms with Crippen LogP contribution in [-0.2, 0) is 0 Å². The van der Waals surface area contributed by atoms with E-state index in [0.717, 1.165) is 5.52 Å². The van der Waals surface area contributed by atoms with Crippen molar-refractivity contribution in [3.8, 4) is 0 Å². The molecule has 0 fully saturated rings. The second-order valence-electron chi connectivity index (χ2n) is 7.16. The van der Waals surface area contributed by atoms with Crippen molar-refractivity contribution in [3.05, 3.63) is 79.3 Å². The molecule has 3 nitrogen and oxygen atoms in total. The summed E-state index contributed by atoms with van der Waals surface area (Å²) in [6, 6.07) is 21.7. The van der Waals surface area contributed by atoms with Crippen molar-refractivity contribution in [2.75, 3.05) is 0 Å². The van der Waals surface area contributed by atoms with Gasteiger partial charge in [0.05, 0.1) is 22.1 Å². The highest BCUT2D eigenvalue weighted by atomic mass is 14.9. The van der Waals surface area contributed by atoms with Crippen LogP contribution in [0.25, 0.3) is 59.8 Å². The van der Waals surface area contributed by atoms with Crippen LogP contribution in [0.2, 0.25) is 0 Å². The van der Waals surface area contributed by atoms with Gasteiger partial charge in [-0.15, -0.1) is 0 Å². The first kappa shape index (κ1) is 13.5. The summed E-state index contributed by atoms with van der Waals surface area (Å²) in [4.78, 5) is 9.19. The summed E-state index contributed by atoms with van der Waals surface area (Å²) < 4.78 is 2.39. The molecule has 4 aromatic heterocycles. The molecule has 0 aliphatic carbocycles. The van der Waals surface area contributed by atoms with Gasteiger partial charge in [0, 0.05) is 40.1 Å². The second-order valence-corrected chi connectivity index (χ2v) is 7.16. The maximum Gasteiger partial charge on any atom is 0.0822 e. The molecule has 124 valence electrons. The van der Waals surface area contributed by atoms with Crippen molar-refractivity contribution in [2.24, 2.45) is 0 Å². The van der Waals surface area contributed by atoms with E-state index in [-0.39, 0.29) is 0 Å². The van der Waals surface area contributed by atoms with E-state index in [9.17, 15) is 0 Å². The summed E-state index contributed by atoms with van der Waals surface area (Å²) in [6.45, 7) is 0. The highest BCUT2D eigenvalue weighted by molar-refractivity contribution is 6.28. The lowest BCUT2D eigenvalue weighted by atomic mass is 10.0. The van der Waals surface area contributed by atoms with Gasteiger partial charge in [-0.05, 0) is 40.4 Å². The molecule has 3 aromatic carbocycles. The van der Waals surface area contributed by atoms with Gasteiger partial charge in [0.1, 0.15) is 0 Å². The molecule has 0 bridgehead atoms. The Morgan fingerprint density at radius 3 is 2.48 bits per heavy atom. The molecule has 0 unspecified atom stereocenters. The first-order valence-corrected chi connectivity index (χ1v) is 9.09. The number of aromatic nitrogens is 3. The summed E-state index contributed by atoms with van der Waals surface area (Å²) in [6.07, 6.45) is 5.77. The lowest BCUT2D eigenvalue weighted by Crippen LogP contribution is -1.94. The molecule has 0 saturated carbocycles. The van der Waals surface area contributed by atoms with E-state index in [1.165, 1.54) is 54.3 Å². The Kier molecular flexibility index (Phi) is 2.25. The lowest BCUT2D eigenvalue weighted by Gasteiger charge is -2.13. The zero-order valence-corrected chi connectivity index (χ0v) is 14.3. The highest BCUT2D eigenvalue weighted by Gasteiger charge is 2.18. The van der Waals surface area contributed by atoms with E-state index in [4.69, 9.17) is 4.98 Å². The van der Waals surface area contributed by atoms with Crippen LogP contribution < -0.4 is 0 Å². The Morgan fingerprint density at radius 2 is 1.56 bits per heavy atom. The number of pyridine rings is 3. The Labute approximate surface area is 153 Å². The van der Waals surface area contributed by atoms with Gasteiger partial charge in [-0.3, -0.25) is 9.97 Å². The zero-order valence-electron chi connectivity index (χ0n) is 14.3. The van der Waals surface area contributed by atoms with Crippen molar-refractivity contribution in [1.82, 2.24) is 14.4 Å². The van der Waals surface area contributed by atoms with Gasteiger partial charge >= 0.3 is 0 Å². The van der Waals surface area contributed by atoms with E-state index in [1.54, 1.807) is 0 Å². The zero-order chi connectivity index (χ0) is 17.5. The highest BCUT2D eigenvalue weighted by Crippen LogP contribution is 2.40. The van der Waals surface area contributed by atoms with Crippen molar-refractivity contribution in [1.29, 1.82) is 0 Å². The van der Waals surface area contributed by atoms with Gasteiger partial charge in [0.2, 0.25) is 0 Å². The predicted molar refractivity (Wildman–Crippen MR) is 112 cm³/mol. The molecule has 0 aliphatic rings. The van der Waals surface area contributed by atoms with E-state index >= 15 is 0 Å². The van der Waals surface area contributed by atoms with Crippen LogP contribution in [0.3, 0.4) is 0 Å². The van der Waals surface area contributed by atoms with Crippen LogP contribution in [0, 0.1) is 0 Å². The SMILES string of the molecule is c1ccc2cc3c(cc2c1)c1nccc2ccc4c5cnccc5n3c4c21. The number of hydrogen-bond acceptors (Lipinski definition) is 2. The van der Waals surface area contributed by atoms with E-state index in [1.807, 2.05) is 18.6 Å².